The summed E-state index contributed by atoms with van der Waals surface area (Å²) < 4.78 is 0. The van der Waals surface area contributed by atoms with Crippen LogP contribution in [0.2, 0.25) is 0 Å². The molecule has 1 fully saturated rings. The summed E-state index contributed by atoms with van der Waals surface area (Å²) in [6, 6.07) is 16.0. The zero-order valence-corrected chi connectivity index (χ0v) is 13.8. The molecule has 1 aliphatic heterocycles. The van der Waals surface area contributed by atoms with Gasteiger partial charge in [0.1, 0.15) is 0 Å². The van der Waals surface area contributed by atoms with Crippen molar-refractivity contribution >= 4 is 17.3 Å². The Kier molecular flexibility index (Phi) is 3.96. The molecule has 0 spiro atoms. The highest BCUT2D eigenvalue weighted by Crippen LogP contribution is 2.38. The summed E-state index contributed by atoms with van der Waals surface area (Å²) in [5, 5.41) is 4.14. The second-order valence-corrected chi connectivity index (χ2v) is 6.09. The Morgan fingerprint density at radius 1 is 1.00 bits per heavy atom. The molecular weight excluding hydrogens is 318 g/mol. The van der Waals surface area contributed by atoms with E-state index < -0.39 is 0 Å². The number of nitrogens with one attached hydrogen (secondary N) is 2. The molecule has 2 atom stereocenters. The Morgan fingerprint density at radius 2 is 1.83 bits per heavy atom. The van der Waals surface area contributed by atoms with Gasteiger partial charge in [-0.3, -0.25) is 9.97 Å². The monoisotopic (exact) mass is 335 g/mol. The highest BCUT2D eigenvalue weighted by atomic mass is 32.1. The molecule has 0 radical (unpaired) electrons. The Balaban J connectivity index is 1.71. The van der Waals surface area contributed by atoms with E-state index >= 15 is 0 Å². The molecule has 2 N–H and O–H groups in total. The minimum Gasteiger partial charge on any atom is -0.363 e. The van der Waals surface area contributed by atoms with Gasteiger partial charge >= 0.3 is 0 Å². The van der Waals surface area contributed by atoms with Crippen molar-refractivity contribution in [3.63, 3.8) is 0 Å². The van der Waals surface area contributed by atoms with Crippen molar-refractivity contribution in [2.24, 2.45) is 0 Å². The highest BCUT2D eigenvalue weighted by Gasteiger charge is 2.40. The van der Waals surface area contributed by atoms with Gasteiger partial charge in [-0.2, -0.15) is 0 Å². The van der Waals surface area contributed by atoms with Crippen LogP contribution in [0.15, 0.2) is 67.1 Å². The van der Waals surface area contributed by atoms with E-state index in [1.54, 1.807) is 0 Å². The fraction of sp³-hybridized carbons (Fsp3) is 0.167. The summed E-state index contributed by atoms with van der Waals surface area (Å²) in [5.41, 5.74) is 3.07. The van der Waals surface area contributed by atoms with Gasteiger partial charge in [0.2, 0.25) is 0 Å². The zero-order valence-electron chi connectivity index (χ0n) is 13.0. The predicted octanol–water partition coefficient (Wildman–Crippen LogP) is 2.98. The number of aromatic nitrogens is 3. The topological polar surface area (TPSA) is 56.8 Å². The standard InChI is InChI=1S/C18H17N5S/c24-18-22-16(14-7-2-4-10-20-14)17(15-8-5-11-21-15)23(18)12-13-6-1-3-9-19-13/h1-11,16-17,21H,12H2,(H,22,24)/t16-,17+/m0/s1. The summed E-state index contributed by atoms with van der Waals surface area (Å²) in [6.07, 6.45) is 5.56. The Bertz CT molecular complexity index is 804. The number of hydrogen-bond acceptors (Lipinski definition) is 3. The first-order valence-corrected chi connectivity index (χ1v) is 8.25. The quantitative estimate of drug-likeness (QED) is 0.718. The summed E-state index contributed by atoms with van der Waals surface area (Å²) in [6.45, 7) is 0.652. The van der Waals surface area contributed by atoms with Gasteiger partial charge in [0.25, 0.3) is 0 Å². The third-order valence-corrected chi connectivity index (χ3v) is 4.55. The first-order valence-electron chi connectivity index (χ1n) is 7.84. The molecule has 4 rings (SSSR count). The van der Waals surface area contributed by atoms with Crippen molar-refractivity contribution in [1.82, 2.24) is 25.2 Å². The zero-order chi connectivity index (χ0) is 16.4. The molecule has 0 amide bonds. The fourth-order valence-electron chi connectivity index (χ4n) is 3.11. The number of pyridine rings is 2. The third-order valence-electron chi connectivity index (χ3n) is 4.20. The molecule has 5 nitrogen and oxygen atoms in total. The lowest BCUT2D eigenvalue weighted by atomic mass is 10.0. The van der Waals surface area contributed by atoms with Crippen LogP contribution in [0.3, 0.4) is 0 Å². The molecule has 0 saturated carbocycles. The van der Waals surface area contributed by atoms with Gasteiger partial charge in [-0.25, -0.2) is 0 Å². The lowest BCUT2D eigenvalue weighted by molar-refractivity contribution is 0.303. The molecule has 3 aromatic rings. The van der Waals surface area contributed by atoms with Crippen molar-refractivity contribution in [3.05, 3.63) is 84.2 Å². The average molecular weight is 335 g/mol. The lowest BCUT2D eigenvalue weighted by Gasteiger charge is -2.26. The number of nitrogens with zero attached hydrogens (tertiary/aromatic N) is 3. The Hall–Kier alpha value is -2.73. The van der Waals surface area contributed by atoms with E-state index in [0.717, 1.165) is 22.2 Å². The molecule has 1 aliphatic rings. The van der Waals surface area contributed by atoms with Gasteiger partial charge < -0.3 is 15.2 Å². The van der Waals surface area contributed by atoms with Crippen LogP contribution in [0, 0.1) is 0 Å². The van der Waals surface area contributed by atoms with Crippen LogP contribution < -0.4 is 5.32 Å². The van der Waals surface area contributed by atoms with Crippen molar-refractivity contribution in [2.75, 3.05) is 0 Å². The van der Waals surface area contributed by atoms with E-state index in [1.165, 1.54) is 0 Å². The van der Waals surface area contributed by atoms with E-state index in [2.05, 4.69) is 31.2 Å². The number of aromatic amines is 1. The smallest absolute Gasteiger partial charge is 0.170 e. The van der Waals surface area contributed by atoms with Crippen molar-refractivity contribution < 1.29 is 0 Å². The number of hydrogen-bond donors (Lipinski definition) is 2. The number of thiocarbonyl (C=S) groups is 1. The third kappa shape index (κ3) is 2.76. The molecule has 0 aliphatic carbocycles. The van der Waals surface area contributed by atoms with Crippen molar-refractivity contribution in [3.8, 4) is 0 Å². The van der Waals surface area contributed by atoms with E-state index in [0.29, 0.717) is 6.54 Å². The molecule has 1 saturated heterocycles. The molecule has 4 heterocycles. The van der Waals surface area contributed by atoms with Crippen LogP contribution in [0.25, 0.3) is 0 Å². The first-order chi connectivity index (χ1) is 11.8. The van der Waals surface area contributed by atoms with Crippen LogP contribution in [0.5, 0.6) is 0 Å². The van der Waals surface area contributed by atoms with Gasteiger partial charge in [-0.15, -0.1) is 0 Å². The summed E-state index contributed by atoms with van der Waals surface area (Å²) in [7, 11) is 0. The molecule has 0 aromatic carbocycles. The minimum atomic E-state index is 0.000984. The summed E-state index contributed by atoms with van der Waals surface area (Å²) >= 11 is 5.61. The van der Waals surface area contributed by atoms with E-state index in [9.17, 15) is 0 Å². The van der Waals surface area contributed by atoms with Crippen molar-refractivity contribution in [2.45, 2.75) is 18.6 Å². The molecule has 6 heteroatoms. The fourth-order valence-corrected chi connectivity index (χ4v) is 3.41. The van der Waals surface area contributed by atoms with Gasteiger partial charge in [0, 0.05) is 24.3 Å². The van der Waals surface area contributed by atoms with Gasteiger partial charge in [-0.05, 0) is 48.6 Å². The molecule has 24 heavy (non-hydrogen) atoms. The number of H-pyrrole nitrogens is 1. The second-order valence-electron chi connectivity index (χ2n) is 5.70. The minimum absolute atomic E-state index is 0.000984. The first kappa shape index (κ1) is 14.8. The van der Waals surface area contributed by atoms with E-state index in [4.69, 9.17) is 12.2 Å². The second kappa shape index (κ2) is 6.41. The van der Waals surface area contributed by atoms with Crippen LogP contribution >= 0.6 is 12.2 Å². The Labute approximate surface area is 145 Å². The van der Waals surface area contributed by atoms with Gasteiger partial charge in [-0.1, -0.05) is 12.1 Å². The van der Waals surface area contributed by atoms with E-state index in [-0.39, 0.29) is 12.1 Å². The molecule has 0 bridgehead atoms. The van der Waals surface area contributed by atoms with Crippen LogP contribution in [-0.2, 0) is 6.54 Å². The lowest BCUT2D eigenvalue weighted by Crippen LogP contribution is -2.29. The highest BCUT2D eigenvalue weighted by molar-refractivity contribution is 7.80. The molecule has 3 aromatic heterocycles. The summed E-state index contributed by atoms with van der Waals surface area (Å²) in [5.74, 6) is 0. The maximum Gasteiger partial charge on any atom is 0.170 e. The maximum atomic E-state index is 5.61. The Morgan fingerprint density at radius 3 is 2.50 bits per heavy atom. The van der Waals surface area contributed by atoms with Gasteiger partial charge in [0.15, 0.2) is 5.11 Å². The largest absolute Gasteiger partial charge is 0.363 e. The maximum absolute atomic E-state index is 5.61. The van der Waals surface area contributed by atoms with E-state index in [1.807, 2.05) is 61.1 Å². The number of rotatable bonds is 4. The van der Waals surface area contributed by atoms with Crippen LogP contribution in [-0.4, -0.2) is 25.0 Å². The molecule has 0 unspecified atom stereocenters. The average Bonchev–Trinajstić information content (AvgIpc) is 3.25. The SMILES string of the molecule is S=C1N[C@@H](c2ccccn2)[C@@H](c2ccc[nH]2)N1Cc1ccccn1. The van der Waals surface area contributed by atoms with Crippen LogP contribution in [0.4, 0.5) is 0 Å². The summed E-state index contributed by atoms with van der Waals surface area (Å²) in [4.78, 5) is 14.4. The van der Waals surface area contributed by atoms with Gasteiger partial charge in [0.05, 0.1) is 30.0 Å². The van der Waals surface area contributed by atoms with Crippen LogP contribution in [0.1, 0.15) is 29.2 Å². The predicted molar refractivity (Wildman–Crippen MR) is 96.0 cm³/mol. The normalized spacial score (nSPS) is 20.2. The van der Waals surface area contributed by atoms with Crippen molar-refractivity contribution in [1.29, 1.82) is 0 Å². The molecular formula is C18H17N5S. The molecule has 120 valence electrons.